The third kappa shape index (κ3) is 1.70. The molecule has 0 spiro atoms. The molecule has 94 valence electrons. The second-order valence-electron chi connectivity index (χ2n) is 5.00. The molecule has 3 heteroatoms. The molecule has 1 aliphatic heterocycles. The molecule has 1 fully saturated rings. The van der Waals surface area contributed by atoms with Gasteiger partial charge in [-0.2, -0.15) is 0 Å². The summed E-state index contributed by atoms with van der Waals surface area (Å²) in [5.41, 5.74) is 2.03. The Kier molecular flexibility index (Phi) is 2.28. The lowest BCUT2D eigenvalue weighted by atomic mass is 10.0. The second-order valence-corrected chi connectivity index (χ2v) is 6.03. The summed E-state index contributed by atoms with van der Waals surface area (Å²) in [5.74, 6) is 0. The number of rotatable bonds is 2. The molecule has 2 heterocycles. The number of fused-ring (bicyclic) bond motifs is 1. The van der Waals surface area contributed by atoms with E-state index in [4.69, 9.17) is 9.72 Å². The highest BCUT2D eigenvalue weighted by molar-refractivity contribution is 7.18. The first-order valence-corrected chi connectivity index (χ1v) is 7.18. The maximum Gasteiger partial charge on any atom is 0.148 e. The summed E-state index contributed by atoms with van der Waals surface area (Å²) in [6.45, 7) is 2.13. The van der Waals surface area contributed by atoms with Gasteiger partial charge in [-0.15, -0.1) is 11.3 Å². The number of hydrogen-bond donors (Lipinski definition) is 0. The number of ether oxygens (including phenoxy) is 1. The van der Waals surface area contributed by atoms with Crippen molar-refractivity contribution >= 4 is 21.6 Å². The van der Waals surface area contributed by atoms with E-state index in [0.717, 1.165) is 10.5 Å². The monoisotopic (exact) mass is 267 g/mol. The molecular formula is C16H13NOS. The van der Waals surface area contributed by atoms with Gasteiger partial charge in [0.1, 0.15) is 16.7 Å². The van der Waals surface area contributed by atoms with E-state index in [0.29, 0.717) is 0 Å². The molecule has 3 aromatic rings. The van der Waals surface area contributed by atoms with Crippen molar-refractivity contribution in [1.29, 1.82) is 0 Å². The van der Waals surface area contributed by atoms with Crippen molar-refractivity contribution in [3.63, 3.8) is 0 Å². The van der Waals surface area contributed by atoms with Gasteiger partial charge in [0.25, 0.3) is 0 Å². The van der Waals surface area contributed by atoms with Crippen LogP contribution in [0.1, 0.15) is 23.6 Å². The van der Waals surface area contributed by atoms with Crippen LogP contribution < -0.4 is 0 Å². The molecule has 0 aliphatic carbocycles. The van der Waals surface area contributed by atoms with Gasteiger partial charge in [-0.05, 0) is 24.6 Å². The van der Waals surface area contributed by atoms with E-state index in [1.54, 1.807) is 11.3 Å². The minimum atomic E-state index is -0.259. The Hall–Kier alpha value is -1.71. The Morgan fingerprint density at radius 2 is 1.79 bits per heavy atom. The molecular weight excluding hydrogens is 254 g/mol. The average Bonchev–Trinajstić information content (AvgIpc) is 2.97. The zero-order valence-electron chi connectivity index (χ0n) is 10.5. The van der Waals surface area contributed by atoms with Gasteiger partial charge in [-0.1, -0.05) is 42.5 Å². The Morgan fingerprint density at radius 1 is 1.05 bits per heavy atom. The van der Waals surface area contributed by atoms with Crippen LogP contribution in [-0.2, 0) is 10.3 Å². The maximum atomic E-state index is 5.95. The molecule has 2 nitrogen and oxygen atoms in total. The first-order chi connectivity index (χ1) is 9.27. The summed E-state index contributed by atoms with van der Waals surface area (Å²) in [6.07, 6.45) is 0.134. The third-order valence-electron chi connectivity index (χ3n) is 3.63. The minimum absolute atomic E-state index is 0.134. The molecule has 4 rings (SSSR count). The summed E-state index contributed by atoms with van der Waals surface area (Å²) in [7, 11) is 0. The lowest BCUT2D eigenvalue weighted by molar-refractivity contribution is 0.313. The van der Waals surface area contributed by atoms with E-state index in [2.05, 4.69) is 49.4 Å². The fourth-order valence-electron chi connectivity index (χ4n) is 2.47. The zero-order valence-corrected chi connectivity index (χ0v) is 11.4. The van der Waals surface area contributed by atoms with Gasteiger partial charge in [0, 0.05) is 0 Å². The largest absolute Gasteiger partial charge is 0.354 e. The number of epoxide rings is 1. The fraction of sp³-hybridized carbons (Fsp3) is 0.188. The molecule has 1 saturated heterocycles. The normalized spacial score (nSPS) is 25.6. The second kappa shape index (κ2) is 3.89. The standard InChI is InChI=1S/C16H13NOS/c1-16(14(18-16)11-7-3-2-4-8-11)15-17-12-9-5-6-10-13(12)19-15/h2-10,14H,1H3/t14-,16-/m0/s1. The van der Waals surface area contributed by atoms with E-state index in [1.807, 2.05) is 12.1 Å². The van der Waals surface area contributed by atoms with Crippen molar-refractivity contribution in [2.45, 2.75) is 18.6 Å². The molecule has 2 aromatic carbocycles. The van der Waals surface area contributed by atoms with Crippen LogP contribution in [0.25, 0.3) is 10.2 Å². The first-order valence-electron chi connectivity index (χ1n) is 6.36. The summed E-state index contributed by atoms with van der Waals surface area (Å²) in [5, 5.41) is 1.07. The van der Waals surface area contributed by atoms with Crippen LogP contribution in [0.15, 0.2) is 54.6 Å². The number of benzene rings is 2. The first kappa shape index (κ1) is 11.1. The van der Waals surface area contributed by atoms with Crippen molar-refractivity contribution in [2.24, 2.45) is 0 Å². The van der Waals surface area contributed by atoms with Crippen molar-refractivity contribution in [2.75, 3.05) is 0 Å². The molecule has 0 N–H and O–H groups in total. The molecule has 0 saturated carbocycles. The predicted octanol–water partition coefficient (Wildman–Crippen LogP) is 4.28. The predicted molar refractivity (Wildman–Crippen MR) is 77.2 cm³/mol. The van der Waals surface area contributed by atoms with Crippen molar-refractivity contribution in [3.05, 3.63) is 65.2 Å². The summed E-state index contributed by atoms with van der Waals surface area (Å²) < 4.78 is 7.18. The highest BCUT2D eigenvalue weighted by Crippen LogP contribution is 2.57. The van der Waals surface area contributed by atoms with Gasteiger partial charge < -0.3 is 4.74 Å². The molecule has 0 bridgehead atoms. The van der Waals surface area contributed by atoms with E-state index < -0.39 is 0 Å². The third-order valence-corrected chi connectivity index (χ3v) is 4.88. The van der Waals surface area contributed by atoms with Gasteiger partial charge in [0.15, 0.2) is 0 Å². The lowest BCUT2D eigenvalue weighted by Gasteiger charge is -2.01. The van der Waals surface area contributed by atoms with Gasteiger partial charge >= 0.3 is 0 Å². The van der Waals surface area contributed by atoms with Crippen LogP contribution in [0.4, 0.5) is 0 Å². The minimum Gasteiger partial charge on any atom is -0.354 e. The van der Waals surface area contributed by atoms with Gasteiger partial charge in [0.2, 0.25) is 0 Å². The number of nitrogens with zero attached hydrogens (tertiary/aromatic N) is 1. The van der Waals surface area contributed by atoms with E-state index in [1.165, 1.54) is 10.3 Å². The van der Waals surface area contributed by atoms with Crippen molar-refractivity contribution in [3.8, 4) is 0 Å². The van der Waals surface area contributed by atoms with Crippen LogP contribution >= 0.6 is 11.3 Å². The molecule has 2 atom stereocenters. The molecule has 0 amide bonds. The quantitative estimate of drug-likeness (QED) is 0.647. The number of thiazole rings is 1. The van der Waals surface area contributed by atoms with Gasteiger partial charge in [-0.25, -0.2) is 4.98 Å². The average molecular weight is 267 g/mol. The SMILES string of the molecule is C[C@]1(c2nc3ccccc3s2)O[C@H]1c1ccccc1. The fourth-order valence-corrected chi connectivity index (χ4v) is 3.55. The van der Waals surface area contributed by atoms with E-state index in [9.17, 15) is 0 Å². The molecule has 1 aromatic heterocycles. The Morgan fingerprint density at radius 3 is 2.58 bits per heavy atom. The van der Waals surface area contributed by atoms with Crippen molar-refractivity contribution < 1.29 is 4.74 Å². The Balaban J connectivity index is 1.73. The highest BCUT2D eigenvalue weighted by Gasteiger charge is 2.56. The van der Waals surface area contributed by atoms with Crippen LogP contribution in [0.2, 0.25) is 0 Å². The number of para-hydroxylation sites is 1. The van der Waals surface area contributed by atoms with Crippen LogP contribution in [0.5, 0.6) is 0 Å². The molecule has 0 radical (unpaired) electrons. The Bertz CT molecular complexity index is 704. The van der Waals surface area contributed by atoms with Gasteiger partial charge in [0.05, 0.1) is 10.2 Å². The van der Waals surface area contributed by atoms with E-state index >= 15 is 0 Å². The summed E-state index contributed by atoms with van der Waals surface area (Å²) in [4.78, 5) is 4.72. The maximum absolute atomic E-state index is 5.95. The van der Waals surface area contributed by atoms with Crippen molar-refractivity contribution in [1.82, 2.24) is 4.98 Å². The van der Waals surface area contributed by atoms with Gasteiger partial charge in [-0.3, -0.25) is 0 Å². The summed E-state index contributed by atoms with van der Waals surface area (Å²) >= 11 is 1.73. The molecule has 0 unspecified atom stereocenters. The molecule has 19 heavy (non-hydrogen) atoms. The van der Waals surface area contributed by atoms with Crippen LogP contribution in [0.3, 0.4) is 0 Å². The zero-order chi connectivity index (χ0) is 12.9. The van der Waals surface area contributed by atoms with Crippen LogP contribution in [0, 0.1) is 0 Å². The Labute approximate surface area is 115 Å². The molecule has 1 aliphatic rings. The highest BCUT2D eigenvalue weighted by atomic mass is 32.1. The number of hydrogen-bond acceptors (Lipinski definition) is 3. The summed E-state index contributed by atoms with van der Waals surface area (Å²) in [6, 6.07) is 18.6. The number of aromatic nitrogens is 1. The van der Waals surface area contributed by atoms with Crippen LogP contribution in [-0.4, -0.2) is 4.98 Å². The smallest absolute Gasteiger partial charge is 0.148 e. The topological polar surface area (TPSA) is 25.4 Å². The lowest BCUT2D eigenvalue weighted by Crippen LogP contribution is -2.03. The van der Waals surface area contributed by atoms with E-state index in [-0.39, 0.29) is 11.7 Å².